The van der Waals surface area contributed by atoms with Gasteiger partial charge in [0.15, 0.2) is 0 Å². The maximum atomic E-state index is 14.3. The van der Waals surface area contributed by atoms with Crippen molar-refractivity contribution in [1.29, 1.82) is 0 Å². The molecule has 1 aliphatic heterocycles. The van der Waals surface area contributed by atoms with E-state index in [1.54, 1.807) is 18.2 Å². The molecule has 0 unspecified atom stereocenters. The van der Waals surface area contributed by atoms with Crippen LogP contribution >= 0.6 is 0 Å². The highest BCUT2D eigenvalue weighted by atomic mass is 19.1. The van der Waals surface area contributed by atoms with E-state index in [9.17, 15) is 9.18 Å². The molecule has 0 saturated carbocycles. The van der Waals surface area contributed by atoms with Crippen LogP contribution in [0.15, 0.2) is 78.9 Å². The highest BCUT2D eigenvalue weighted by Gasteiger charge is 2.33. The second kappa shape index (κ2) is 6.60. The first kappa shape index (κ1) is 16.3. The highest BCUT2D eigenvalue weighted by Crippen LogP contribution is 2.37. The Bertz CT molecular complexity index is 990. The van der Waals surface area contributed by atoms with E-state index in [1.165, 1.54) is 11.0 Å². The number of hydrogen-bond donors (Lipinski definition) is 0. The summed E-state index contributed by atoms with van der Waals surface area (Å²) in [6.45, 7) is 2.38. The number of aryl methyl sites for hydroxylation is 1. The van der Waals surface area contributed by atoms with Gasteiger partial charge in [-0.1, -0.05) is 72.3 Å². The Morgan fingerprint density at radius 2 is 1.46 bits per heavy atom. The standard InChI is InChI=1S/C23H18FNO/c1-16-11-13-17(14-12-16)19-15-25(21-10-6-5-9-20(21)24)23(26)22(19)18-7-3-2-4-8-18/h2-14H,15H2,1H3. The minimum Gasteiger partial charge on any atom is -0.301 e. The van der Waals surface area contributed by atoms with Gasteiger partial charge in [0.2, 0.25) is 0 Å². The van der Waals surface area contributed by atoms with Gasteiger partial charge in [-0.2, -0.15) is 0 Å². The van der Waals surface area contributed by atoms with E-state index < -0.39 is 5.82 Å². The van der Waals surface area contributed by atoms with Crippen LogP contribution in [-0.4, -0.2) is 12.5 Å². The molecule has 3 heteroatoms. The first-order chi connectivity index (χ1) is 12.6. The maximum absolute atomic E-state index is 14.3. The van der Waals surface area contributed by atoms with Gasteiger partial charge in [0.25, 0.3) is 5.91 Å². The second-order valence-corrected chi connectivity index (χ2v) is 6.43. The molecular formula is C23H18FNO. The van der Waals surface area contributed by atoms with Gasteiger partial charge in [-0.15, -0.1) is 0 Å². The zero-order valence-corrected chi connectivity index (χ0v) is 14.4. The number of halogens is 1. The van der Waals surface area contributed by atoms with E-state index in [0.29, 0.717) is 17.8 Å². The average molecular weight is 343 g/mol. The highest BCUT2D eigenvalue weighted by molar-refractivity contribution is 6.36. The molecule has 3 aromatic rings. The Balaban J connectivity index is 1.85. The molecule has 3 aromatic carbocycles. The number of nitrogens with zero attached hydrogens (tertiary/aromatic N) is 1. The molecule has 0 bridgehead atoms. The summed E-state index contributed by atoms with van der Waals surface area (Å²) in [4.78, 5) is 14.7. The Labute approximate surface area is 152 Å². The Kier molecular flexibility index (Phi) is 4.13. The molecule has 0 aliphatic carbocycles. The molecule has 1 aliphatic rings. The molecule has 0 N–H and O–H groups in total. The maximum Gasteiger partial charge on any atom is 0.259 e. The molecule has 0 radical (unpaired) electrons. The summed E-state index contributed by atoms with van der Waals surface area (Å²) in [7, 11) is 0. The summed E-state index contributed by atoms with van der Waals surface area (Å²) in [5.41, 5.74) is 4.87. The van der Waals surface area contributed by atoms with Crippen LogP contribution in [0.3, 0.4) is 0 Å². The number of para-hydroxylation sites is 1. The van der Waals surface area contributed by atoms with E-state index in [1.807, 2.05) is 61.5 Å². The normalized spacial score (nSPS) is 14.2. The fourth-order valence-electron chi connectivity index (χ4n) is 3.33. The Morgan fingerprint density at radius 3 is 2.15 bits per heavy atom. The summed E-state index contributed by atoms with van der Waals surface area (Å²) in [5.74, 6) is -0.560. The van der Waals surface area contributed by atoms with Crippen LogP contribution in [0, 0.1) is 12.7 Å². The lowest BCUT2D eigenvalue weighted by atomic mass is 9.96. The second-order valence-electron chi connectivity index (χ2n) is 6.43. The molecule has 4 rings (SSSR count). The summed E-state index contributed by atoms with van der Waals surface area (Å²) < 4.78 is 14.3. The summed E-state index contributed by atoms with van der Waals surface area (Å²) in [5, 5.41) is 0. The molecular weight excluding hydrogens is 325 g/mol. The van der Waals surface area contributed by atoms with Gasteiger partial charge in [-0.3, -0.25) is 4.79 Å². The van der Waals surface area contributed by atoms with Crippen molar-refractivity contribution >= 4 is 22.7 Å². The van der Waals surface area contributed by atoms with Gasteiger partial charge in [0.1, 0.15) is 5.82 Å². The number of benzene rings is 3. The van der Waals surface area contributed by atoms with Gasteiger partial charge in [-0.25, -0.2) is 4.39 Å². The largest absolute Gasteiger partial charge is 0.301 e. The third-order valence-electron chi connectivity index (χ3n) is 4.68. The number of hydrogen-bond acceptors (Lipinski definition) is 1. The number of anilines is 1. The van der Waals surface area contributed by atoms with Gasteiger partial charge in [0.05, 0.1) is 17.8 Å². The van der Waals surface area contributed by atoms with E-state index in [-0.39, 0.29) is 5.91 Å². The fourth-order valence-corrected chi connectivity index (χ4v) is 3.33. The molecule has 0 fully saturated rings. The minimum atomic E-state index is -0.390. The van der Waals surface area contributed by atoms with Crippen molar-refractivity contribution in [3.63, 3.8) is 0 Å². The van der Waals surface area contributed by atoms with Gasteiger partial charge >= 0.3 is 0 Å². The van der Waals surface area contributed by atoms with Crippen molar-refractivity contribution < 1.29 is 9.18 Å². The molecule has 0 saturated heterocycles. The van der Waals surface area contributed by atoms with Crippen molar-refractivity contribution in [2.45, 2.75) is 6.92 Å². The van der Waals surface area contributed by atoms with Crippen molar-refractivity contribution in [2.24, 2.45) is 0 Å². The van der Waals surface area contributed by atoms with Crippen molar-refractivity contribution in [3.8, 4) is 0 Å². The monoisotopic (exact) mass is 343 g/mol. The van der Waals surface area contributed by atoms with E-state index in [2.05, 4.69) is 0 Å². The van der Waals surface area contributed by atoms with Crippen LogP contribution in [0.2, 0.25) is 0 Å². The fraction of sp³-hybridized carbons (Fsp3) is 0.0870. The summed E-state index contributed by atoms with van der Waals surface area (Å²) >= 11 is 0. The Morgan fingerprint density at radius 1 is 0.808 bits per heavy atom. The topological polar surface area (TPSA) is 20.3 Å². The van der Waals surface area contributed by atoms with Gasteiger partial charge in [-0.05, 0) is 35.8 Å². The van der Waals surface area contributed by atoms with Crippen LogP contribution < -0.4 is 4.90 Å². The first-order valence-corrected chi connectivity index (χ1v) is 8.57. The first-order valence-electron chi connectivity index (χ1n) is 8.57. The number of carbonyl (C=O) groups excluding carboxylic acids is 1. The molecule has 1 amide bonds. The molecule has 128 valence electrons. The zero-order chi connectivity index (χ0) is 18.1. The predicted octanol–water partition coefficient (Wildman–Crippen LogP) is 5.09. The summed E-state index contributed by atoms with van der Waals surface area (Å²) in [6.07, 6.45) is 0. The van der Waals surface area contributed by atoms with E-state index in [0.717, 1.165) is 22.3 Å². The molecule has 0 aromatic heterocycles. The van der Waals surface area contributed by atoms with Crippen LogP contribution in [0.25, 0.3) is 11.1 Å². The van der Waals surface area contributed by atoms with Crippen molar-refractivity contribution in [3.05, 3.63) is 101 Å². The average Bonchev–Trinajstić information content (AvgIpc) is 3.00. The lowest BCUT2D eigenvalue weighted by Crippen LogP contribution is -2.27. The van der Waals surface area contributed by atoms with Gasteiger partial charge in [0, 0.05) is 0 Å². The predicted molar refractivity (Wildman–Crippen MR) is 103 cm³/mol. The lowest BCUT2D eigenvalue weighted by Gasteiger charge is -2.18. The van der Waals surface area contributed by atoms with Crippen LogP contribution in [0.5, 0.6) is 0 Å². The smallest absolute Gasteiger partial charge is 0.259 e. The van der Waals surface area contributed by atoms with Crippen molar-refractivity contribution in [2.75, 3.05) is 11.4 Å². The lowest BCUT2D eigenvalue weighted by molar-refractivity contribution is -0.112. The van der Waals surface area contributed by atoms with Gasteiger partial charge < -0.3 is 4.90 Å². The van der Waals surface area contributed by atoms with Crippen LogP contribution in [-0.2, 0) is 4.79 Å². The SMILES string of the molecule is Cc1ccc(C2=C(c3ccccc3)C(=O)N(c3ccccc3F)C2)cc1. The van der Waals surface area contributed by atoms with Crippen LogP contribution in [0.1, 0.15) is 16.7 Å². The van der Waals surface area contributed by atoms with E-state index >= 15 is 0 Å². The summed E-state index contributed by atoms with van der Waals surface area (Å²) in [6, 6.07) is 24.1. The molecule has 2 nitrogen and oxygen atoms in total. The van der Waals surface area contributed by atoms with Crippen LogP contribution in [0.4, 0.5) is 10.1 Å². The molecule has 1 heterocycles. The van der Waals surface area contributed by atoms with E-state index in [4.69, 9.17) is 0 Å². The van der Waals surface area contributed by atoms with Crippen molar-refractivity contribution in [1.82, 2.24) is 0 Å². The Hall–Kier alpha value is -3.20. The minimum absolute atomic E-state index is 0.170. The number of rotatable bonds is 3. The molecule has 0 spiro atoms. The third-order valence-corrected chi connectivity index (χ3v) is 4.68. The third kappa shape index (κ3) is 2.82. The molecule has 26 heavy (non-hydrogen) atoms. The number of amides is 1. The zero-order valence-electron chi connectivity index (χ0n) is 14.4. The quantitative estimate of drug-likeness (QED) is 0.648. The number of carbonyl (C=O) groups is 1. The molecule has 0 atom stereocenters.